The Labute approximate surface area is 115 Å². The number of nitrogens with two attached hydrogens (primary N) is 1. The molecule has 0 aromatic heterocycles. The van der Waals surface area contributed by atoms with E-state index in [1.807, 2.05) is 24.3 Å². The molecule has 1 atom stereocenters. The Kier molecular flexibility index (Phi) is 5.48. The summed E-state index contributed by atoms with van der Waals surface area (Å²) in [5, 5.41) is 0. The molecule has 1 aromatic carbocycles. The molecular formula is C15H24N2O2. The Morgan fingerprint density at radius 1 is 1.16 bits per heavy atom. The molecule has 1 heterocycles. The lowest BCUT2D eigenvalue weighted by molar-refractivity contribution is 0.236. The van der Waals surface area contributed by atoms with Crippen molar-refractivity contribution in [2.24, 2.45) is 5.73 Å². The van der Waals surface area contributed by atoms with Gasteiger partial charge in [0.25, 0.3) is 0 Å². The van der Waals surface area contributed by atoms with E-state index in [0.29, 0.717) is 12.6 Å². The zero-order valence-electron chi connectivity index (χ0n) is 11.7. The molecule has 1 aromatic rings. The number of hydrogen-bond acceptors (Lipinski definition) is 4. The second kappa shape index (κ2) is 7.36. The van der Waals surface area contributed by atoms with Crippen molar-refractivity contribution in [3.05, 3.63) is 24.3 Å². The lowest BCUT2D eigenvalue weighted by Gasteiger charge is -2.15. The van der Waals surface area contributed by atoms with E-state index < -0.39 is 0 Å². The summed E-state index contributed by atoms with van der Waals surface area (Å²) in [4.78, 5) is 2.35. The van der Waals surface area contributed by atoms with E-state index in [2.05, 4.69) is 11.8 Å². The first-order chi connectivity index (χ1) is 9.28. The van der Waals surface area contributed by atoms with Crippen LogP contribution in [0.4, 0.5) is 0 Å². The normalized spacial score (nSPS) is 19.6. The topological polar surface area (TPSA) is 47.7 Å². The maximum atomic E-state index is 5.87. The van der Waals surface area contributed by atoms with Crippen molar-refractivity contribution in [2.75, 3.05) is 32.8 Å². The number of benzene rings is 1. The van der Waals surface area contributed by atoms with Gasteiger partial charge in [-0.15, -0.1) is 0 Å². The zero-order chi connectivity index (χ0) is 13.5. The first-order valence-electron chi connectivity index (χ1n) is 7.11. The van der Waals surface area contributed by atoms with Crippen LogP contribution >= 0.6 is 0 Å². The number of nitrogens with zero attached hydrogens (tertiary/aromatic N) is 1. The van der Waals surface area contributed by atoms with Gasteiger partial charge in [0.1, 0.15) is 18.1 Å². The molecule has 0 spiro atoms. The summed E-state index contributed by atoms with van der Waals surface area (Å²) in [6.07, 6.45) is 2.12. The Bertz CT molecular complexity index is 367. The molecule has 1 fully saturated rings. The predicted octanol–water partition coefficient (Wildman–Crippen LogP) is 1.89. The van der Waals surface area contributed by atoms with Crippen molar-refractivity contribution in [3.63, 3.8) is 0 Å². The van der Waals surface area contributed by atoms with Gasteiger partial charge in [0, 0.05) is 19.1 Å². The number of likely N-dealkylation sites (tertiary alicyclic amines) is 1. The highest BCUT2D eigenvalue weighted by Gasteiger charge is 2.18. The van der Waals surface area contributed by atoms with Crippen molar-refractivity contribution in [3.8, 4) is 11.5 Å². The van der Waals surface area contributed by atoms with E-state index in [4.69, 9.17) is 15.2 Å². The third-order valence-electron chi connectivity index (χ3n) is 3.28. The minimum atomic E-state index is 0.343. The molecule has 2 rings (SSSR count). The molecule has 4 heteroatoms. The Hall–Kier alpha value is -1.26. The van der Waals surface area contributed by atoms with Gasteiger partial charge in [0.2, 0.25) is 0 Å². The second-order valence-corrected chi connectivity index (χ2v) is 5.02. The molecule has 2 N–H and O–H groups in total. The summed E-state index contributed by atoms with van der Waals surface area (Å²) in [7, 11) is 0. The van der Waals surface area contributed by atoms with Gasteiger partial charge in [-0.2, -0.15) is 0 Å². The molecular weight excluding hydrogens is 240 g/mol. The standard InChI is InChI=1S/C15H24N2O2/c1-2-10-18-14-3-5-15(6-4-14)19-11-9-17-8-7-13(16)12-17/h3-6,13H,2,7-12,16H2,1H3. The molecule has 1 aliphatic heterocycles. The van der Waals surface area contributed by atoms with Crippen LogP contribution in [0.5, 0.6) is 11.5 Å². The van der Waals surface area contributed by atoms with Gasteiger partial charge in [0.05, 0.1) is 6.61 Å². The quantitative estimate of drug-likeness (QED) is 0.817. The van der Waals surface area contributed by atoms with Crippen LogP contribution in [0, 0.1) is 0 Å². The Morgan fingerprint density at radius 2 is 1.79 bits per heavy atom. The van der Waals surface area contributed by atoms with Crippen LogP contribution in [-0.2, 0) is 0 Å². The predicted molar refractivity (Wildman–Crippen MR) is 76.8 cm³/mol. The zero-order valence-corrected chi connectivity index (χ0v) is 11.7. The molecule has 1 saturated heterocycles. The maximum absolute atomic E-state index is 5.87. The fourth-order valence-electron chi connectivity index (χ4n) is 2.21. The van der Waals surface area contributed by atoms with Crippen LogP contribution in [0.25, 0.3) is 0 Å². The van der Waals surface area contributed by atoms with E-state index in [1.165, 1.54) is 0 Å². The fraction of sp³-hybridized carbons (Fsp3) is 0.600. The van der Waals surface area contributed by atoms with E-state index in [9.17, 15) is 0 Å². The molecule has 106 valence electrons. The van der Waals surface area contributed by atoms with Crippen LogP contribution in [0.2, 0.25) is 0 Å². The maximum Gasteiger partial charge on any atom is 0.119 e. The summed E-state index contributed by atoms with van der Waals surface area (Å²) in [6, 6.07) is 8.17. The van der Waals surface area contributed by atoms with Crippen molar-refractivity contribution in [1.82, 2.24) is 4.90 Å². The van der Waals surface area contributed by atoms with Crippen LogP contribution in [0.1, 0.15) is 19.8 Å². The summed E-state index contributed by atoms with van der Waals surface area (Å²) < 4.78 is 11.3. The molecule has 0 radical (unpaired) electrons. The van der Waals surface area contributed by atoms with Gasteiger partial charge in [-0.1, -0.05) is 6.92 Å². The Morgan fingerprint density at radius 3 is 2.32 bits per heavy atom. The average molecular weight is 264 g/mol. The van der Waals surface area contributed by atoms with Crippen LogP contribution < -0.4 is 15.2 Å². The van der Waals surface area contributed by atoms with Crippen molar-refractivity contribution >= 4 is 0 Å². The lowest BCUT2D eigenvalue weighted by Crippen LogP contribution is -2.29. The number of hydrogen-bond donors (Lipinski definition) is 1. The van der Waals surface area contributed by atoms with Gasteiger partial charge in [-0.25, -0.2) is 0 Å². The van der Waals surface area contributed by atoms with Gasteiger partial charge in [-0.3, -0.25) is 4.90 Å². The molecule has 1 aliphatic rings. The summed E-state index contributed by atoms with van der Waals surface area (Å²) in [5.74, 6) is 1.80. The van der Waals surface area contributed by atoms with E-state index in [0.717, 1.165) is 50.6 Å². The van der Waals surface area contributed by atoms with Gasteiger partial charge in [-0.05, 0) is 43.7 Å². The third-order valence-corrected chi connectivity index (χ3v) is 3.28. The monoisotopic (exact) mass is 264 g/mol. The van der Waals surface area contributed by atoms with Gasteiger partial charge >= 0.3 is 0 Å². The van der Waals surface area contributed by atoms with Gasteiger partial charge < -0.3 is 15.2 Å². The largest absolute Gasteiger partial charge is 0.494 e. The summed E-state index contributed by atoms with van der Waals surface area (Å²) in [5.41, 5.74) is 5.87. The molecule has 0 bridgehead atoms. The first-order valence-corrected chi connectivity index (χ1v) is 7.11. The van der Waals surface area contributed by atoms with Crippen molar-refractivity contribution in [2.45, 2.75) is 25.8 Å². The summed E-state index contributed by atoms with van der Waals surface area (Å²) >= 11 is 0. The number of rotatable bonds is 7. The highest BCUT2D eigenvalue weighted by molar-refractivity contribution is 5.31. The molecule has 1 unspecified atom stereocenters. The smallest absolute Gasteiger partial charge is 0.119 e. The average Bonchev–Trinajstić information content (AvgIpc) is 2.84. The number of ether oxygens (including phenoxy) is 2. The minimum absolute atomic E-state index is 0.343. The van der Waals surface area contributed by atoms with Crippen molar-refractivity contribution < 1.29 is 9.47 Å². The van der Waals surface area contributed by atoms with Crippen LogP contribution in [0.3, 0.4) is 0 Å². The molecule has 0 amide bonds. The third kappa shape index (κ3) is 4.73. The minimum Gasteiger partial charge on any atom is -0.494 e. The van der Waals surface area contributed by atoms with Gasteiger partial charge in [0.15, 0.2) is 0 Å². The highest BCUT2D eigenvalue weighted by Crippen LogP contribution is 2.17. The van der Waals surface area contributed by atoms with Crippen molar-refractivity contribution in [1.29, 1.82) is 0 Å². The highest BCUT2D eigenvalue weighted by atomic mass is 16.5. The van der Waals surface area contributed by atoms with E-state index >= 15 is 0 Å². The molecule has 0 saturated carbocycles. The Balaban J connectivity index is 1.68. The van der Waals surface area contributed by atoms with E-state index in [1.54, 1.807) is 0 Å². The summed E-state index contributed by atoms with van der Waals surface area (Å²) in [6.45, 7) is 6.60. The van der Waals surface area contributed by atoms with Crippen LogP contribution in [0.15, 0.2) is 24.3 Å². The first kappa shape index (κ1) is 14.2. The molecule has 19 heavy (non-hydrogen) atoms. The SMILES string of the molecule is CCCOc1ccc(OCCN2CCC(N)C2)cc1. The fourth-order valence-corrected chi connectivity index (χ4v) is 2.21. The lowest BCUT2D eigenvalue weighted by atomic mass is 10.3. The van der Waals surface area contributed by atoms with Crippen LogP contribution in [-0.4, -0.2) is 43.8 Å². The molecule has 4 nitrogen and oxygen atoms in total. The molecule has 0 aliphatic carbocycles. The van der Waals surface area contributed by atoms with E-state index in [-0.39, 0.29) is 0 Å². The second-order valence-electron chi connectivity index (χ2n) is 5.02.